The van der Waals surface area contributed by atoms with Crippen molar-refractivity contribution in [1.29, 1.82) is 0 Å². The highest BCUT2D eigenvalue weighted by Crippen LogP contribution is 2.35. The predicted molar refractivity (Wildman–Crippen MR) is 98.3 cm³/mol. The molecule has 5 aromatic rings. The molecule has 132 valence electrons. The van der Waals surface area contributed by atoms with Crippen molar-refractivity contribution in [3.05, 3.63) is 54.4 Å². The third-order valence-electron chi connectivity index (χ3n) is 4.43. The Kier molecular flexibility index (Phi) is 3.36. The SMILES string of the molecule is COc1cccc2c1c(-c1ccccn1)nn1c(-c3nocc3C)nnc21. The lowest BCUT2D eigenvalue weighted by molar-refractivity contribution is 0.419. The van der Waals surface area contributed by atoms with Crippen molar-refractivity contribution in [3.8, 4) is 28.7 Å². The molecule has 0 unspecified atom stereocenters. The van der Waals surface area contributed by atoms with Crippen molar-refractivity contribution in [2.45, 2.75) is 6.92 Å². The molecule has 0 aliphatic carbocycles. The van der Waals surface area contributed by atoms with Gasteiger partial charge in [0, 0.05) is 17.1 Å². The van der Waals surface area contributed by atoms with E-state index >= 15 is 0 Å². The Hall–Kier alpha value is -3.81. The fraction of sp³-hybridized carbons (Fsp3) is 0.105. The van der Waals surface area contributed by atoms with Crippen molar-refractivity contribution in [1.82, 2.24) is 30.0 Å². The first-order valence-electron chi connectivity index (χ1n) is 8.33. The molecule has 0 aliphatic rings. The average Bonchev–Trinajstić information content (AvgIpc) is 3.33. The van der Waals surface area contributed by atoms with Crippen molar-refractivity contribution in [2.24, 2.45) is 0 Å². The van der Waals surface area contributed by atoms with Crippen LogP contribution in [0.2, 0.25) is 0 Å². The maximum absolute atomic E-state index is 5.58. The number of benzene rings is 1. The van der Waals surface area contributed by atoms with Crippen LogP contribution in [0.15, 0.2) is 53.4 Å². The third-order valence-corrected chi connectivity index (χ3v) is 4.43. The number of nitrogens with zero attached hydrogens (tertiary/aromatic N) is 6. The van der Waals surface area contributed by atoms with Crippen LogP contribution < -0.4 is 4.74 Å². The van der Waals surface area contributed by atoms with Crippen LogP contribution in [0.4, 0.5) is 0 Å². The molecular weight excluding hydrogens is 344 g/mol. The van der Waals surface area contributed by atoms with Crippen molar-refractivity contribution in [3.63, 3.8) is 0 Å². The molecule has 0 bridgehead atoms. The first-order chi connectivity index (χ1) is 13.3. The molecule has 0 atom stereocenters. The van der Waals surface area contributed by atoms with E-state index in [0.29, 0.717) is 28.6 Å². The van der Waals surface area contributed by atoms with E-state index in [0.717, 1.165) is 22.0 Å². The van der Waals surface area contributed by atoms with Crippen LogP contribution in [0.25, 0.3) is 39.3 Å². The van der Waals surface area contributed by atoms with Gasteiger partial charge in [-0.1, -0.05) is 23.4 Å². The van der Waals surface area contributed by atoms with Gasteiger partial charge in [0.25, 0.3) is 0 Å². The summed E-state index contributed by atoms with van der Waals surface area (Å²) in [5.74, 6) is 1.21. The maximum Gasteiger partial charge on any atom is 0.207 e. The van der Waals surface area contributed by atoms with E-state index in [9.17, 15) is 0 Å². The molecule has 0 N–H and O–H groups in total. The lowest BCUT2D eigenvalue weighted by Gasteiger charge is -2.11. The van der Waals surface area contributed by atoms with Gasteiger partial charge in [0.15, 0.2) is 11.3 Å². The average molecular weight is 358 g/mol. The van der Waals surface area contributed by atoms with Crippen LogP contribution in [0, 0.1) is 6.92 Å². The Bertz CT molecular complexity index is 1280. The van der Waals surface area contributed by atoms with Gasteiger partial charge in [-0.05, 0) is 25.1 Å². The van der Waals surface area contributed by atoms with Crippen LogP contribution in [-0.4, -0.2) is 37.1 Å². The van der Waals surface area contributed by atoms with Crippen molar-refractivity contribution < 1.29 is 9.26 Å². The summed E-state index contributed by atoms with van der Waals surface area (Å²) in [4.78, 5) is 4.47. The molecule has 0 saturated carbocycles. The van der Waals surface area contributed by atoms with Crippen LogP contribution in [0.5, 0.6) is 5.75 Å². The van der Waals surface area contributed by atoms with E-state index in [2.05, 4.69) is 20.3 Å². The van der Waals surface area contributed by atoms with E-state index in [1.807, 2.05) is 43.3 Å². The third kappa shape index (κ3) is 2.27. The van der Waals surface area contributed by atoms with Gasteiger partial charge in [0.05, 0.1) is 18.2 Å². The minimum absolute atomic E-state index is 0.512. The monoisotopic (exact) mass is 358 g/mol. The van der Waals surface area contributed by atoms with Gasteiger partial charge in [-0.2, -0.15) is 9.61 Å². The largest absolute Gasteiger partial charge is 0.496 e. The number of aryl methyl sites for hydroxylation is 1. The molecule has 0 fully saturated rings. The lowest BCUT2D eigenvalue weighted by atomic mass is 10.1. The summed E-state index contributed by atoms with van der Waals surface area (Å²) >= 11 is 0. The van der Waals surface area contributed by atoms with Gasteiger partial charge in [-0.25, -0.2) is 0 Å². The van der Waals surface area contributed by atoms with E-state index in [-0.39, 0.29) is 0 Å². The van der Waals surface area contributed by atoms with Crippen molar-refractivity contribution >= 4 is 16.4 Å². The number of hydrogen-bond donors (Lipinski definition) is 0. The van der Waals surface area contributed by atoms with E-state index < -0.39 is 0 Å². The molecule has 4 heterocycles. The number of methoxy groups -OCH3 is 1. The zero-order chi connectivity index (χ0) is 18.4. The normalized spacial score (nSPS) is 11.3. The van der Waals surface area contributed by atoms with E-state index in [1.165, 1.54) is 0 Å². The van der Waals surface area contributed by atoms with Gasteiger partial charge >= 0.3 is 0 Å². The van der Waals surface area contributed by atoms with E-state index in [4.69, 9.17) is 14.4 Å². The van der Waals surface area contributed by atoms with E-state index in [1.54, 1.807) is 24.1 Å². The van der Waals surface area contributed by atoms with Gasteiger partial charge in [-0.15, -0.1) is 10.2 Å². The summed E-state index contributed by atoms with van der Waals surface area (Å²) in [6.07, 6.45) is 3.30. The summed E-state index contributed by atoms with van der Waals surface area (Å²) in [5.41, 5.74) is 3.48. The van der Waals surface area contributed by atoms with Gasteiger partial charge in [-0.3, -0.25) is 4.98 Å². The number of rotatable bonds is 3. The Labute approximate surface area is 153 Å². The highest BCUT2D eigenvalue weighted by atomic mass is 16.5. The second-order valence-corrected chi connectivity index (χ2v) is 6.05. The minimum atomic E-state index is 0.512. The standard InChI is InChI=1S/C19H14N6O2/c1-11-10-27-24-16(11)19-22-21-18-12-6-5-8-14(26-2)15(12)17(23-25(18)19)13-7-3-4-9-20-13/h3-10H,1-2H3. The Balaban J connectivity index is 1.94. The Morgan fingerprint density at radius 1 is 1.04 bits per heavy atom. The molecule has 27 heavy (non-hydrogen) atoms. The second kappa shape index (κ2) is 5.87. The minimum Gasteiger partial charge on any atom is -0.496 e. The number of aromatic nitrogens is 6. The highest BCUT2D eigenvalue weighted by Gasteiger charge is 2.21. The maximum atomic E-state index is 5.58. The van der Waals surface area contributed by atoms with Crippen molar-refractivity contribution in [2.75, 3.05) is 7.11 Å². The molecule has 5 rings (SSSR count). The Morgan fingerprint density at radius 2 is 1.96 bits per heavy atom. The summed E-state index contributed by atoms with van der Waals surface area (Å²) in [5, 5.41) is 19.2. The van der Waals surface area contributed by atoms with Gasteiger partial charge in [0.1, 0.15) is 17.7 Å². The number of ether oxygens (including phenoxy) is 1. The fourth-order valence-electron chi connectivity index (χ4n) is 3.16. The number of fused-ring (bicyclic) bond motifs is 3. The van der Waals surface area contributed by atoms with Crippen LogP contribution in [-0.2, 0) is 0 Å². The first-order valence-corrected chi connectivity index (χ1v) is 8.33. The summed E-state index contributed by atoms with van der Waals surface area (Å²) in [7, 11) is 1.63. The second-order valence-electron chi connectivity index (χ2n) is 6.05. The predicted octanol–water partition coefficient (Wildman–Crippen LogP) is 3.31. The zero-order valence-electron chi connectivity index (χ0n) is 14.6. The molecule has 8 nitrogen and oxygen atoms in total. The molecular formula is C19H14N6O2. The van der Waals surface area contributed by atoms with Crippen LogP contribution in [0.1, 0.15) is 5.56 Å². The first kappa shape index (κ1) is 15.4. The summed E-state index contributed by atoms with van der Waals surface area (Å²) in [6, 6.07) is 11.5. The molecule has 1 aromatic carbocycles. The number of pyridine rings is 1. The molecule has 0 amide bonds. The molecule has 0 spiro atoms. The Morgan fingerprint density at radius 3 is 2.70 bits per heavy atom. The molecule has 8 heteroatoms. The summed E-state index contributed by atoms with van der Waals surface area (Å²) in [6.45, 7) is 1.90. The van der Waals surface area contributed by atoms with Crippen LogP contribution in [0.3, 0.4) is 0 Å². The van der Waals surface area contributed by atoms with Crippen LogP contribution >= 0.6 is 0 Å². The summed E-state index contributed by atoms with van der Waals surface area (Å²) < 4.78 is 12.3. The molecule has 0 saturated heterocycles. The highest BCUT2D eigenvalue weighted by molar-refractivity contribution is 6.05. The topological polar surface area (TPSA) is 91.2 Å². The quantitative estimate of drug-likeness (QED) is 0.488. The van der Waals surface area contributed by atoms with Gasteiger partial charge in [0.2, 0.25) is 5.82 Å². The zero-order valence-corrected chi connectivity index (χ0v) is 14.6. The molecule has 0 aliphatic heterocycles. The van der Waals surface area contributed by atoms with Gasteiger partial charge < -0.3 is 9.26 Å². The molecule has 0 radical (unpaired) electrons. The fourth-order valence-corrected chi connectivity index (χ4v) is 3.16. The molecule has 4 aromatic heterocycles. The smallest absolute Gasteiger partial charge is 0.207 e. The number of hydrogen-bond acceptors (Lipinski definition) is 7. The lowest BCUT2D eigenvalue weighted by Crippen LogP contribution is -2.02.